The second-order valence-electron chi connectivity index (χ2n) is 8.23. The molecule has 0 spiro atoms. The summed E-state index contributed by atoms with van der Waals surface area (Å²) >= 11 is 6.25. The molecule has 1 aliphatic rings. The summed E-state index contributed by atoms with van der Waals surface area (Å²) in [5.74, 6) is 0.0781. The van der Waals surface area contributed by atoms with E-state index in [1.807, 2.05) is 54.6 Å². The van der Waals surface area contributed by atoms with Gasteiger partial charge in [0, 0.05) is 11.7 Å². The quantitative estimate of drug-likeness (QED) is 0.446. The minimum absolute atomic E-state index is 0.142. The Morgan fingerprint density at radius 1 is 0.879 bits per heavy atom. The molecule has 0 bridgehead atoms. The number of carbonyl (C=O) groups excluding carboxylic acids is 2. The molecule has 33 heavy (non-hydrogen) atoms. The van der Waals surface area contributed by atoms with Crippen molar-refractivity contribution in [2.75, 3.05) is 11.9 Å². The van der Waals surface area contributed by atoms with E-state index in [2.05, 4.69) is 10.6 Å². The second-order valence-corrected chi connectivity index (χ2v) is 8.64. The van der Waals surface area contributed by atoms with Crippen molar-refractivity contribution in [3.8, 4) is 16.9 Å². The van der Waals surface area contributed by atoms with Crippen LogP contribution in [0.4, 0.5) is 5.69 Å². The van der Waals surface area contributed by atoms with Crippen LogP contribution < -0.4 is 15.4 Å². The van der Waals surface area contributed by atoms with Gasteiger partial charge >= 0.3 is 0 Å². The largest absolute Gasteiger partial charge is 0.484 e. The molecule has 0 atom stereocenters. The number of halogens is 1. The van der Waals surface area contributed by atoms with E-state index in [-0.39, 0.29) is 24.5 Å². The highest BCUT2D eigenvalue weighted by molar-refractivity contribution is 6.34. The molecule has 0 aliphatic heterocycles. The highest BCUT2D eigenvalue weighted by Gasteiger charge is 2.19. The van der Waals surface area contributed by atoms with Gasteiger partial charge in [-0.1, -0.05) is 73.3 Å². The van der Waals surface area contributed by atoms with E-state index in [0.29, 0.717) is 22.0 Å². The van der Waals surface area contributed by atoms with E-state index < -0.39 is 0 Å². The summed E-state index contributed by atoms with van der Waals surface area (Å²) in [5, 5.41) is 6.19. The van der Waals surface area contributed by atoms with E-state index >= 15 is 0 Å². The Morgan fingerprint density at radius 2 is 1.58 bits per heavy atom. The summed E-state index contributed by atoms with van der Waals surface area (Å²) in [6.45, 7) is -0.142. The summed E-state index contributed by atoms with van der Waals surface area (Å²) in [5.41, 5.74) is 3.05. The van der Waals surface area contributed by atoms with Gasteiger partial charge in [-0.15, -0.1) is 0 Å². The van der Waals surface area contributed by atoms with Crippen LogP contribution >= 0.6 is 11.6 Å². The number of benzene rings is 3. The van der Waals surface area contributed by atoms with Gasteiger partial charge in [0.05, 0.1) is 10.6 Å². The topological polar surface area (TPSA) is 67.4 Å². The van der Waals surface area contributed by atoms with Gasteiger partial charge in [-0.25, -0.2) is 0 Å². The van der Waals surface area contributed by atoms with Crippen molar-refractivity contribution < 1.29 is 14.3 Å². The highest BCUT2D eigenvalue weighted by atomic mass is 35.5. The number of hydrogen-bond donors (Lipinski definition) is 2. The summed E-state index contributed by atoms with van der Waals surface area (Å²) < 4.78 is 5.62. The third kappa shape index (κ3) is 6.36. The van der Waals surface area contributed by atoms with Crippen molar-refractivity contribution in [3.63, 3.8) is 0 Å². The van der Waals surface area contributed by atoms with Gasteiger partial charge in [-0.05, 0) is 54.3 Å². The summed E-state index contributed by atoms with van der Waals surface area (Å²) in [6, 6.07) is 22.7. The minimum Gasteiger partial charge on any atom is -0.484 e. The summed E-state index contributed by atoms with van der Waals surface area (Å²) in [4.78, 5) is 25.1. The average molecular weight is 463 g/mol. The standard InChI is InChI=1S/C27H27ClN2O3/c28-25-16-13-22(17-24(25)27(32)30-21-9-5-2-6-10-21)29-26(31)18-33-23-14-11-20(12-15-23)19-7-3-1-4-8-19/h1,3-4,7-8,11-17,21H,2,5-6,9-10,18H2,(H,29,31)(H,30,32). The van der Waals surface area contributed by atoms with Crippen LogP contribution in [0.15, 0.2) is 72.8 Å². The zero-order valence-electron chi connectivity index (χ0n) is 18.4. The van der Waals surface area contributed by atoms with Crippen molar-refractivity contribution in [1.29, 1.82) is 0 Å². The van der Waals surface area contributed by atoms with Gasteiger partial charge in [0.2, 0.25) is 0 Å². The van der Waals surface area contributed by atoms with Gasteiger partial charge in [-0.2, -0.15) is 0 Å². The number of rotatable bonds is 7. The lowest BCUT2D eigenvalue weighted by atomic mass is 9.95. The second kappa shape index (κ2) is 11.0. The molecule has 0 saturated heterocycles. The average Bonchev–Trinajstić information content (AvgIpc) is 2.85. The van der Waals surface area contributed by atoms with E-state index in [1.165, 1.54) is 6.42 Å². The van der Waals surface area contributed by atoms with Crippen LogP contribution in [0, 0.1) is 0 Å². The Balaban J connectivity index is 1.32. The molecule has 3 aromatic rings. The summed E-state index contributed by atoms with van der Waals surface area (Å²) in [7, 11) is 0. The minimum atomic E-state index is -0.317. The SMILES string of the molecule is O=C(COc1ccc(-c2ccccc2)cc1)Nc1ccc(Cl)c(C(=O)NC2CCCCC2)c1. The van der Waals surface area contributed by atoms with Gasteiger partial charge in [0.25, 0.3) is 11.8 Å². The van der Waals surface area contributed by atoms with Crippen LogP contribution in [-0.2, 0) is 4.79 Å². The lowest BCUT2D eigenvalue weighted by Crippen LogP contribution is -2.36. The predicted octanol–water partition coefficient (Wildman–Crippen LogP) is 6.09. The zero-order chi connectivity index (χ0) is 23.0. The van der Waals surface area contributed by atoms with Crippen molar-refractivity contribution in [2.45, 2.75) is 38.1 Å². The zero-order valence-corrected chi connectivity index (χ0v) is 19.1. The Labute approximate surface area is 199 Å². The van der Waals surface area contributed by atoms with Crippen molar-refractivity contribution in [1.82, 2.24) is 5.32 Å². The third-order valence-electron chi connectivity index (χ3n) is 5.77. The maximum atomic E-state index is 12.7. The smallest absolute Gasteiger partial charge is 0.262 e. The van der Waals surface area contributed by atoms with Crippen LogP contribution in [-0.4, -0.2) is 24.5 Å². The van der Waals surface area contributed by atoms with Crippen LogP contribution in [0.25, 0.3) is 11.1 Å². The molecule has 1 aliphatic carbocycles. The molecule has 0 heterocycles. The number of carbonyl (C=O) groups is 2. The van der Waals surface area contributed by atoms with Crippen LogP contribution in [0.1, 0.15) is 42.5 Å². The Kier molecular flexibility index (Phi) is 7.63. The maximum Gasteiger partial charge on any atom is 0.262 e. The Hall–Kier alpha value is -3.31. The monoisotopic (exact) mass is 462 g/mol. The first-order chi connectivity index (χ1) is 16.1. The molecule has 2 N–H and O–H groups in total. The van der Waals surface area contributed by atoms with Crippen LogP contribution in [0.3, 0.4) is 0 Å². The molecule has 0 unspecified atom stereocenters. The number of anilines is 1. The molecule has 170 valence electrons. The number of ether oxygens (including phenoxy) is 1. The molecule has 1 fully saturated rings. The molecule has 3 aromatic carbocycles. The van der Waals surface area contributed by atoms with Gasteiger partial charge < -0.3 is 15.4 Å². The number of amides is 2. The fourth-order valence-electron chi connectivity index (χ4n) is 4.01. The molecule has 0 radical (unpaired) electrons. The normalized spacial score (nSPS) is 13.8. The van der Waals surface area contributed by atoms with Gasteiger partial charge in [0.1, 0.15) is 5.75 Å². The molecule has 2 amide bonds. The molecule has 6 heteroatoms. The third-order valence-corrected chi connectivity index (χ3v) is 6.10. The van der Waals surface area contributed by atoms with E-state index in [9.17, 15) is 9.59 Å². The molecule has 4 rings (SSSR count). The van der Waals surface area contributed by atoms with Crippen molar-refractivity contribution in [3.05, 3.63) is 83.4 Å². The van der Waals surface area contributed by atoms with E-state index in [1.54, 1.807) is 18.2 Å². The predicted molar refractivity (Wildman–Crippen MR) is 132 cm³/mol. The van der Waals surface area contributed by atoms with Crippen LogP contribution in [0.5, 0.6) is 5.75 Å². The first-order valence-electron chi connectivity index (χ1n) is 11.3. The van der Waals surface area contributed by atoms with E-state index in [4.69, 9.17) is 16.3 Å². The molecule has 5 nitrogen and oxygen atoms in total. The summed E-state index contributed by atoms with van der Waals surface area (Å²) in [6.07, 6.45) is 5.45. The fourth-order valence-corrected chi connectivity index (χ4v) is 4.21. The highest BCUT2D eigenvalue weighted by Crippen LogP contribution is 2.24. The molecular weight excluding hydrogens is 436 g/mol. The Bertz CT molecular complexity index is 1090. The van der Waals surface area contributed by atoms with Crippen LogP contribution in [0.2, 0.25) is 5.02 Å². The lowest BCUT2D eigenvalue weighted by Gasteiger charge is -2.23. The first-order valence-corrected chi connectivity index (χ1v) is 11.6. The number of nitrogens with one attached hydrogen (secondary N) is 2. The van der Waals surface area contributed by atoms with Crippen molar-refractivity contribution >= 4 is 29.1 Å². The van der Waals surface area contributed by atoms with Gasteiger partial charge in [-0.3, -0.25) is 9.59 Å². The maximum absolute atomic E-state index is 12.7. The van der Waals surface area contributed by atoms with Crippen molar-refractivity contribution in [2.24, 2.45) is 0 Å². The van der Waals surface area contributed by atoms with Gasteiger partial charge in [0.15, 0.2) is 6.61 Å². The first kappa shape index (κ1) is 22.9. The number of hydrogen-bond acceptors (Lipinski definition) is 3. The fraction of sp³-hybridized carbons (Fsp3) is 0.259. The Morgan fingerprint density at radius 3 is 2.30 bits per heavy atom. The lowest BCUT2D eigenvalue weighted by molar-refractivity contribution is -0.118. The molecular formula is C27H27ClN2O3. The molecule has 0 aromatic heterocycles. The molecule has 1 saturated carbocycles. The van der Waals surface area contributed by atoms with E-state index in [0.717, 1.165) is 36.8 Å².